The van der Waals surface area contributed by atoms with Crippen LogP contribution in [0.3, 0.4) is 0 Å². The van der Waals surface area contributed by atoms with E-state index >= 15 is 0 Å². The average Bonchev–Trinajstić information content (AvgIpc) is 2.95. The van der Waals surface area contributed by atoms with Gasteiger partial charge >= 0.3 is 0 Å². The smallest absolute Gasteiger partial charge is 0.263 e. The second-order valence-electron chi connectivity index (χ2n) is 5.05. The molecule has 23 heavy (non-hydrogen) atoms. The quantitative estimate of drug-likeness (QED) is 0.762. The van der Waals surface area contributed by atoms with Crippen molar-refractivity contribution < 1.29 is 8.42 Å². The summed E-state index contributed by atoms with van der Waals surface area (Å²) >= 11 is 1.37. The van der Waals surface area contributed by atoms with Gasteiger partial charge in [0.25, 0.3) is 10.0 Å². The summed E-state index contributed by atoms with van der Waals surface area (Å²) < 4.78 is 27.1. The van der Waals surface area contributed by atoms with Crippen LogP contribution in [0.2, 0.25) is 0 Å². The molecule has 2 rings (SSSR count). The van der Waals surface area contributed by atoms with Gasteiger partial charge in [-0.3, -0.25) is 9.71 Å². The second kappa shape index (κ2) is 7.85. The number of nitrogen functional groups attached to an aromatic ring is 1. The maximum absolute atomic E-state index is 12.3. The van der Waals surface area contributed by atoms with Crippen molar-refractivity contribution in [3.8, 4) is 0 Å². The van der Waals surface area contributed by atoms with Crippen molar-refractivity contribution in [2.24, 2.45) is 4.99 Å². The van der Waals surface area contributed by atoms with E-state index in [0.717, 1.165) is 24.5 Å². The topological polar surface area (TPSA) is 87.8 Å². The summed E-state index contributed by atoms with van der Waals surface area (Å²) in [5, 5.41) is 0.410. The van der Waals surface area contributed by atoms with Crippen LogP contribution in [-0.2, 0) is 10.0 Å². The predicted molar refractivity (Wildman–Crippen MR) is 96.9 cm³/mol. The number of hydrogen-bond acceptors (Lipinski definition) is 6. The molecule has 0 radical (unpaired) electrons. The fraction of sp³-hybridized carbons (Fsp3) is 0.400. The van der Waals surface area contributed by atoms with Crippen molar-refractivity contribution in [1.29, 1.82) is 0 Å². The Hall–Kier alpha value is -1.51. The highest BCUT2D eigenvalue weighted by Crippen LogP contribution is 2.25. The Bertz CT molecular complexity index is 693. The SMILES string of the molecule is CCN(CC)C/C=C1\CN=C(NS(=O)(=O)c2ccc(N)cc2)S1. The molecule has 1 aliphatic heterocycles. The lowest BCUT2D eigenvalue weighted by Crippen LogP contribution is -2.27. The minimum absolute atomic E-state index is 0.176. The summed E-state index contributed by atoms with van der Waals surface area (Å²) in [6.07, 6.45) is 2.10. The molecule has 6 nitrogen and oxygen atoms in total. The highest BCUT2D eigenvalue weighted by atomic mass is 32.2. The zero-order valence-electron chi connectivity index (χ0n) is 13.3. The zero-order valence-corrected chi connectivity index (χ0v) is 15.0. The van der Waals surface area contributed by atoms with Crippen molar-refractivity contribution in [3.63, 3.8) is 0 Å². The summed E-state index contributed by atoms with van der Waals surface area (Å²) in [6, 6.07) is 6.09. The van der Waals surface area contributed by atoms with Crippen molar-refractivity contribution in [2.75, 3.05) is 31.9 Å². The van der Waals surface area contributed by atoms with Gasteiger partial charge in [-0.15, -0.1) is 0 Å². The molecular weight excluding hydrogens is 332 g/mol. The van der Waals surface area contributed by atoms with Crippen molar-refractivity contribution in [2.45, 2.75) is 18.7 Å². The number of thioether (sulfide) groups is 1. The van der Waals surface area contributed by atoms with Gasteiger partial charge in [0.15, 0.2) is 5.17 Å². The van der Waals surface area contributed by atoms with E-state index in [1.807, 2.05) is 0 Å². The van der Waals surface area contributed by atoms with Crippen molar-refractivity contribution in [1.82, 2.24) is 9.62 Å². The van der Waals surface area contributed by atoms with Crippen LogP contribution < -0.4 is 10.5 Å². The van der Waals surface area contributed by atoms with E-state index < -0.39 is 10.0 Å². The number of rotatable bonds is 6. The molecule has 0 atom stereocenters. The first-order chi connectivity index (χ1) is 10.9. The molecule has 126 valence electrons. The number of benzene rings is 1. The Morgan fingerprint density at radius 2 is 1.96 bits per heavy atom. The Morgan fingerprint density at radius 3 is 2.57 bits per heavy atom. The van der Waals surface area contributed by atoms with Crippen LogP contribution in [0.15, 0.2) is 45.1 Å². The van der Waals surface area contributed by atoms with Crippen LogP contribution in [0.25, 0.3) is 0 Å². The van der Waals surface area contributed by atoms with Gasteiger partial charge in [-0.2, -0.15) is 0 Å². The van der Waals surface area contributed by atoms with Gasteiger partial charge in [0.05, 0.1) is 11.4 Å². The molecule has 0 saturated carbocycles. The number of sulfonamides is 1. The molecule has 8 heteroatoms. The van der Waals surface area contributed by atoms with E-state index in [0.29, 0.717) is 17.4 Å². The Balaban J connectivity index is 1.97. The van der Waals surface area contributed by atoms with Crippen LogP contribution in [0.4, 0.5) is 5.69 Å². The van der Waals surface area contributed by atoms with E-state index in [1.54, 1.807) is 12.1 Å². The summed E-state index contributed by atoms with van der Waals surface area (Å²) in [5.74, 6) is 0. The van der Waals surface area contributed by atoms with Gasteiger partial charge in [-0.25, -0.2) is 8.42 Å². The van der Waals surface area contributed by atoms with Crippen LogP contribution >= 0.6 is 11.8 Å². The lowest BCUT2D eigenvalue weighted by Gasteiger charge is -2.15. The minimum Gasteiger partial charge on any atom is -0.399 e. The van der Waals surface area contributed by atoms with Crippen LogP contribution in [-0.4, -0.2) is 44.7 Å². The van der Waals surface area contributed by atoms with Gasteiger partial charge in [-0.05, 0) is 37.4 Å². The van der Waals surface area contributed by atoms with Gasteiger partial charge < -0.3 is 10.6 Å². The van der Waals surface area contributed by atoms with E-state index in [9.17, 15) is 8.42 Å². The molecule has 0 amide bonds. The number of nitrogens with zero attached hydrogens (tertiary/aromatic N) is 2. The highest BCUT2D eigenvalue weighted by molar-refractivity contribution is 8.18. The third kappa shape index (κ3) is 4.98. The Labute approximate surface area is 141 Å². The lowest BCUT2D eigenvalue weighted by molar-refractivity contribution is 0.337. The van der Waals surface area contributed by atoms with Gasteiger partial charge in [0.1, 0.15) is 0 Å². The zero-order chi connectivity index (χ0) is 16.9. The number of hydrogen-bond donors (Lipinski definition) is 2. The highest BCUT2D eigenvalue weighted by Gasteiger charge is 2.20. The van der Waals surface area contributed by atoms with Crippen LogP contribution in [0.5, 0.6) is 0 Å². The molecular formula is C15H22N4O2S2. The van der Waals surface area contributed by atoms with Crippen molar-refractivity contribution >= 4 is 32.6 Å². The molecule has 0 fully saturated rings. The van der Waals surface area contributed by atoms with Crippen LogP contribution in [0.1, 0.15) is 13.8 Å². The number of anilines is 1. The van der Waals surface area contributed by atoms with E-state index in [2.05, 4.69) is 34.5 Å². The van der Waals surface area contributed by atoms with Crippen LogP contribution in [0, 0.1) is 0 Å². The summed E-state index contributed by atoms with van der Waals surface area (Å²) in [6.45, 7) is 7.58. The Kier molecular flexibility index (Phi) is 6.09. The molecule has 0 bridgehead atoms. The largest absolute Gasteiger partial charge is 0.399 e. The molecule has 0 unspecified atom stereocenters. The first-order valence-corrected chi connectivity index (χ1v) is 9.76. The monoisotopic (exact) mass is 354 g/mol. The third-order valence-corrected chi connectivity index (χ3v) is 5.96. The molecule has 1 aliphatic rings. The molecule has 1 aromatic carbocycles. The Morgan fingerprint density at radius 1 is 1.30 bits per heavy atom. The second-order valence-corrected chi connectivity index (χ2v) is 7.85. The fourth-order valence-electron chi connectivity index (χ4n) is 2.03. The summed E-state index contributed by atoms with van der Waals surface area (Å²) in [7, 11) is -3.62. The first kappa shape index (κ1) is 17.8. The van der Waals surface area contributed by atoms with E-state index in [1.165, 1.54) is 23.9 Å². The predicted octanol–water partition coefficient (Wildman–Crippen LogP) is 1.88. The van der Waals surface area contributed by atoms with Crippen molar-refractivity contribution in [3.05, 3.63) is 35.2 Å². The number of nitrogens with two attached hydrogens (primary N) is 1. The molecule has 1 aromatic rings. The lowest BCUT2D eigenvalue weighted by atomic mass is 10.3. The maximum Gasteiger partial charge on any atom is 0.263 e. The number of likely N-dealkylation sites (N-methyl/N-ethyl adjacent to an activating group) is 1. The molecule has 0 saturated heterocycles. The number of amidine groups is 1. The third-order valence-electron chi connectivity index (χ3n) is 3.49. The minimum atomic E-state index is -3.62. The average molecular weight is 355 g/mol. The normalized spacial score (nSPS) is 16.8. The van der Waals surface area contributed by atoms with E-state index in [4.69, 9.17) is 5.73 Å². The maximum atomic E-state index is 12.3. The van der Waals surface area contributed by atoms with Gasteiger partial charge in [-0.1, -0.05) is 31.7 Å². The first-order valence-electron chi connectivity index (χ1n) is 7.46. The molecule has 3 N–H and O–H groups in total. The molecule has 0 spiro atoms. The standard InChI is InChI=1S/C15H22N4O2S2/c1-3-19(4-2)10-9-13-11-17-15(22-13)18-23(20,21)14-7-5-12(16)6-8-14/h5-9H,3-4,10-11,16H2,1-2H3,(H,17,18)/b13-9+. The molecule has 0 aliphatic carbocycles. The van der Waals surface area contributed by atoms with Gasteiger partial charge in [0.2, 0.25) is 0 Å². The summed E-state index contributed by atoms with van der Waals surface area (Å²) in [4.78, 5) is 7.77. The fourth-order valence-corrected chi connectivity index (χ4v) is 4.10. The number of nitrogens with one attached hydrogen (secondary N) is 1. The number of aliphatic imine (C=N–C) groups is 1. The summed E-state index contributed by atoms with van der Waals surface area (Å²) in [5.41, 5.74) is 6.10. The van der Waals surface area contributed by atoms with Gasteiger partial charge in [0, 0.05) is 17.1 Å². The molecule has 0 aromatic heterocycles. The molecule has 1 heterocycles. The van der Waals surface area contributed by atoms with E-state index in [-0.39, 0.29) is 4.90 Å².